The van der Waals surface area contributed by atoms with E-state index in [4.69, 9.17) is 0 Å². The summed E-state index contributed by atoms with van der Waals surface area (Å²) >= 11 is 0. The first-order chi connectivity index (χ1) is 7.99. The van der Waals surface area contributed by atoms with E-state index in [1.165, 1.54) is 4.57 Å². The molecule has 1 aromatic rings. The molecule has 0 bridgehead atoms. The van der Waals surface area contributed by atoms with Gasteiger partial charge in [0, 0.05) is 5.54 Å². The van der Waals surface area contributed by atoms with Crippen LogP contribution < -0.4 is 11.2 Å². The predicted octanol–water partition coefficient (Wildman–Crippen LogP) is 1.09. The van der Waals surface area contributed by atoms with E-state index in [1.54, 1.807) is 6.92 Å². The zero-order valence-corrected chi connectivity index (χ0v) is 10.2. The van der Waals surface area contributed by atoms with Crippen LogP contribution in [0, 0.1) is 0 Å². The smallest absolute Gasteiger partial charge is 0.331 e. The van der Waals surface area contributed by atoms with E-state index in [-0.39, 0.29) is 17.0 Å². The Hall–Kier alpha value is -1.52. The number of rotatable bonds is 2. The highest BCUT2D eigenvalue weighted by atomic mass is 16.3. The van der Waals surface area contributed by atoms with Crippen LogP contribution in [0.3, 0.4) is 0 Å². The molecule has 2 N–H and O–H groups in total. The van der Waals surface area contributed by atoms with Crippen LogP contribution in [0.1, 0.15) is 45.1 Å². The molecule has 0 spiro atoms. The monoisotopic (exact) mass is 238 g/mol. The third-order valence-corrected chi connectivity index (χ3v) is 3.75. The average molecular weight is 238 g/mol. The van der Waals surface area contributed by atoms with Gasteiger partial charge in [0.2, 0.25) is 5.88 Å². The Bertz CT molecular complexity index is 536. The summed E-state index contributed by atoms with van der Waals surface area (Å²) in [6.07, 6.45) is 4.22. The second-order valence-corrected chi connectivity index (χ2v) is 4.95. The number of hydrogen-bond donors (Lipinski definition) is 2. The SMILES string of the molecule is CCc1c(O)n(C2(C)CCCC2)c(=O)[nH]c1=O. The lowest BCUT2D eigenvalue weighted by atomic mass is 10.00. The standard InChI is InChI=1S/C12H18N2O3/c1-3-8-9(15)13-11(17)14(10(8)16)12(2)6-4-5-7-12/h16H,3-7H2,1-2H3,(H,13,15,17). The van der Waals surface area contributed by atoms with E-state index in [2.05, 4.69) is 4.98 Å². The van der Waals surface area contributed by atoms with Crippen LogP contribution in [0.2, 0.25) is 0 Å². The average Bonchev–Trinajstić information content (AvgIpc) is 2.65. The van der Waals surface area contributed by atoms with Gasteiger partial charge in [0.1, 0.15) is 0 Å². The first-order valence-electron chi connectivity index (χ1n) is 6.07. The van der Waals surface area contributed by atoms with Gasteiger partial charge in [0.25, 0.3) is 5.56 Å². The van der Waals surface area contributed by atoms with Crippen LogP contribution >= 0.6 is 0 Å². The van der Waals surface area contributed by atoms with Crippen LogP contribution in [0.4, 0.5) is 0 Å². The van der Waals surface area contributed by atoms with Gasteiger partial charge in [-0.3, -0.25) is 14.3 Å². The Morgan fingerprint density at radius 1 is 1.35 bits per heavy atom. The Labute approximate surface area is 99.1 Å². The molecule has 1 fully saturated rings. The van der Waals surface area contributed by atoms with Crippen molar-refractivity contribution in [3.8, 4) is 5.88 Å². The minimum Gasteiger partial charge on any atom is -0.494 e. The van der Waals surface area contributed by atoms with Crippen molar-refractivity contribution in [2.45, 2.75) is 51.5 Å². The van der Waals surface area contributed by atoms with Crippen molar-refractivity contribution in [2.24, 2.45) is 0 Å². The summed E-state index contributed by atoms with van der Waals surface area (Å²) in [6.45, 7) is 3.75. The van der Waals surface area contributed by atoms with Crippen LogP contribution in [-0.2, 0) is 12.0 Å². The van der Waals surface area contributed by atoms with Gasteiger partial charge in [-0.2, -0.15) is 0 Å². The van der Waals surface area contributed by atoms with Crippen molar-refractivity contribution in [3.63, 3.8) is 0 Å². The molecule has 1 saturated carbocycles. The maximum atomic E-state index is 11.9. The summed E-state index contributed by atoms with van der Waals surface area (Å²) < 4.78 is 1.36. The maximum Gasteiger partial charge on any atom is 0.331 e. The first-order valence-corrected chi connectivity index (χ1v) is 6.07. The number of aromatic amines is 1. The normalized spacial score (nSPS) is 18.5. The lowest BCUT2D eigenvalue weighted by Crippen LogP contribution is -2.41. The van der Waals surface area contributed by atoms with Crippen LogP contribution in [0.5, 0.6) is 5.88 Å². The van der Waals surface area contributed by atoms with Crippen molar-refractivity contribution in [3.05, 3.63) is 26.4 Å². The quantitative estimate of drug-likeness (QED) is 0.810. The zero-order chi connectivity index (χ0) is 12.6. The molecule has 17 heavy (non-hydrogen) atoms. The van der Waals surface area contributed by atoms with E-state index in [1.807, 2.05) is 6.92 Å². The molecule has 2 rings (SSSR count). The van der Waals surface area contributed by atoms with Crippen molar-refractivity contribution in [1.82, 2.24) is 9.55 Å². The number of aromatic hydroxyl groups is 1. The van der Waals surface area contributed by atoms with E-state index in [0.717, 1.165) is 25.7 Å². The van der Waals surface area contributed by atoms with Gasteiger partial charge in [-0.05, 0) is 26.2 Å². The summed E-state index contributed by atoms with van der Waals surface area (Å²) in [5, 5.41) is 10.1. The molecule has 1 aromatic heterocycles. The number of nitrogens with zero attached hydrogens (tertiary/aromatic N) is 1. The Morgan fingerprint density at radius 3 is 2.47 bits per heavy atom. The van der Waals surface area contributed by atoms with Crippen molar-refractivity contribution < 1.29 is 5.11 Å². The Balaban J connectivity index is 2.69. The molecule has 0 amide bonds. The third kappa shape index (κ3) is 1.79. The molecule has 5 nitrogen and oxygen atoms in total. The molecule has 0 saturated heterocycles. The molecule has 1 aliphatic rings. The lowest BCUT2D eigenvalue weighted by Gasteiger charge is -2.27. The molecule has 0 aromatic carbocycles. The summed E-state index contributed by atoms with van der Waals surface area (Å²) in [7, 11) is 0. The molecular weight excluding hydrogens is 220 g/mol. The summed E-state index contributed by atoms with van der Waals surface area (Å²) in [4.78, 5) is 25.7. The molecule has 1 aliphatic carbocycles. The van der Waals surface area contributed by atoms with Crippen LogP contribution in [-0.4, -0.2) is 14.7 Å². The minimum absolute atomic E-state index is 0.161. The van der Waals surface area contributed by atoms with Gasteiger partial charge in [0.05, 0.1) is 5.56 Å². The Kier molecular flexibility index (Phi) is 2.85. The topological polar surface area (TPSA) is 75.1 Å². The molecule has 1 heterocycles. The second kappa shape index (κ2) is 4.05. The summed E-state index contributed by atoms with van der Waals surface area (Å²) in [5.41, 5.74) is -1.06. The number of nitrogens with one attached hydrogen (secondary N) is 1. The molecular formula is C12H18N2O3. The van der Waals surface area contributed by atoms with E-state index in [0.29, 0.717) is 6.42 Å². The highest BCUT2D eigenvalue weighted by Gasteiger charge is 2.34. The highest BCUT2D eigenvalue weighted by molar-refractivity contribution is 5.24. The molecule has 94 valence electrons. The molecule has 0 unspecified atom stereocenters. The van der Waals surface area contributed by atoms with Crippen molar-refractivity contribution >= 4 is 0 Å². The largest absolute Gasteiger partial charge is 0.494 e. The van der Waals surface area contributed by atoms with Crippen molar-refractivity contribution in [2.75, 3.05) is 0 Å². The van der Waals surface area contributed by atoms with E-state index in [9.17, 15) is 14.7 Å². The minimum atomic E-state index is -0.505. The molecule has 0 aliphatic heterocycles. The fraction of sp³-hybridized carbons (Fsp3) is 0.667. The van der Waals surface area contributed by atoms with E-state index >= 15 is 0 Å². The Morgan fingerprint density at radius 2 is 1.94 bits per heavy atom. The van der Waals surface area contributed by atoms with Gasteiger partial charge < -0.3 is 5.11 Å². The predicted molar refractivity (Wildman–Crippen MR) is 64.5 cm³/mol. The maximum absolute atomic E-state index is 11.9. The van der Waals surface area contributed by atoms with Gasteiger partial charge in [-0.25, -0.2) is 4.79 Å². The van der Waals surface area contributed by atoms with Gasteiger partial charge >= 0.3 is 5.69 Å². The van der Waals surface area contributed by atoms with Gasteiger partial charge in [0.15, 0.2) is 0 Å². The molecule has 0 radical (unpaired) electrons. The van der Waals surface area contributed by atoms with Gasteiger partial charge in [-0.15, -0.1) is 0 Å². The fourth-order valence-corrected chi connectivity index (χ4v) is 2.74. The second-order valence-electron chi connectivity index (χ2n) is 4.95. The molecule has 0 atom stereocenters. The molecule has 5 heteroatoms. The van der Waals surface area contributed by atoms with Crippen LogP contribution in [0.15, 0.2) is 9.59 Å². The summed E-state index contributed by atoms with van der Waals surface area (Å²) in [5.74, 6) is -0.161. The number of hydrogen-bond acceptors (Lipinski definition) is 3. The third-order valence-electron chi connectivity index (χ3n) is 3.75. The highest BCUT2D eigenvalue weighted by Crippen LogP contribution is 2.37. The van der Waals surface area contributed by atoms with Crippen molar-refractivity contribution in [1.29, 1.82) is 0 Å². The first kappa shape index (κ1) is 12.0. The zero-order valence-electron chi connectivity index (χ0n) is 10.2. The van der Waals surface area contributed by atoms with E-state index < -0.39 is 11.2 Å². The number of H-pyrrole nitrogens is 1. The van der Waals surface area contributed by atoms with Crippen LogP contribution in [0.25, 0.3) is 0 Å². The summed E-state index contributed by atoms with van der Waals surface area (Å²) in [6, 6.07) is 0. The van der Waals surface area contributed by atoms with Gasteiger partial charge in [-0.1, -0.05) is 19.8 Å². The lowest BCUT2D eigenvalue weighted by molar-refractivity contribution is 0.263. The number of aromatic nitrogens is 2. The fourth-order valence-electron chi connectivity index (χ4n) is 2.74.